The van der Waals surface area contributed by atoms with Crippen LogP contribution in [-0.4, -0.2) is 23.5 Å². The highest BCUT2D eigenvalue weighted by Crippen LogP contribution is 2.39. The van der Waals surface area contributed by atoms with Crippen molar-refractivity contribution in [1.82, 2.24) is 9.88 Å². The number of hydrogen-bond acceptors (Lipinski definition) is 3. The lowest BCUT2D eigenvalue weighted by Crippen LogP contribution is -2.34. The lowest BCUT2D eigenvalue weighted by Gasteiger charge is -2.36. The highest BCUT2D eigenvalue weighted by atomic mass is 16.5. The van der Waals surface area contributed by atoms with E-state index in [9.17, 15) is 0 Å². The Morgan fingerprint density at radius 1 is 1.00 bits per heavy atom. The molecule has 1 aromatic heterocycles. The summed E-state index contributed by atoms with van der Waals surface area (Å²) in [6.07, 6.45) is 3.09. The van der Waals surface area contributed by atoms with E-state index in [4.69, 9.17) is 9.72 Å². The molecule has 1 atom stereocenters. The van der Waals surface area contributed by atoms with E-state index in [0.717, 1.165) is 55.1 Å². The van der Waals surface area contributed by atoms with E-state index >= 15 is 0 Å². The molecule has 0 fully saturated rings. The third-order valence-corrected chi connectivity index (χ3v) is 7.21. The van der Waals surface area contributed by atoms with Crippen LogP contribution in [0.15, 0.2) is 42.5 Å². The predicted molar refractivity (Wildman–Crippen MR) is 133 cm³/mol. The summed E-state index contributed by atoms with van der Waals surface area (Å²) in [4.78, 5) is 7.76. The number of aryl methyl sites for hydroxylation is 3. The highest BCUT2D eigenvalue weighted by Gasteiger charge is 2.27. The summed E-state index contributed by atoms with van der Waals surface area (Å²) in [5, 5.41) is 0. The molecule has 0 N–H and O–H groups in total. The van der Waals surface area contributed by atoms with Crippen LogP contribution in [0.5, 0.6) is 5.75 Å². The van der Waals surface area contributed by atoms with Gasteiger partial charge < -0.3 is 4.74 Å². The van der Waals surface area contributed by atoms with Crippen LogP contribution in [0.2, 0.25) is 0 Å². The summed E-state index contributed by atoms with van der Waals surface area (Å²) in [6, 6.07) is 15.9. The van der Waals surface area contributed by atoms with E-state index in [-0.39, 0.29) is 0 Å². The van der Waals surface area contributed by atoms with E-state index in [1.165, 1.54) is 33.4 Å². The Bertz CT molecular complexity index is 1100. The van der Waals surface area contributed by atoms with Crippen LogP contribution in [0.25, 0.3) is 11.3 Å². The molecule has 4 rings (SSSR count). The van der Waals surface area contributed by atoms with Gasteiger partial charge in [0.1, 0.15) is 5.75 Å². The van der Waals surface area contributed by atoms with Crippen LogP contribution >= 0.6 is 0 Å². The lowest BCUT2D eigenvalue weighted by molar-refractivity contribution is 0.186. The SMILES string of the molecule is CCc1cccc(CC)c1-c1nc(C)c(CN2CCc3ccccc3C2C)c(OC)c1C. The zero-order chi connectivity index (χ0) is 22.8. The summed E-state index contributed by atoms with van der Waals surface area (Å²) >= 11 is 0. The van der Waals surface area contributed by atoms with Gasteiger partial charge in [0, 0.05) is 41.5 Å². The van der Waals surface area contributed by atoms with E-state index in [2.05, 4.69) is 82.0 Å². The third kappa shape index (κ3) is 3.95. The van der Waals surface area contributed by atoms with Crippen LogP contribution < -0.4 is 4.74 Å². The minimum Gasteiger partial charge on any atom is -0.496 e. The molecule has 1 aliphatic rings. The van der Waals surface area contributed by atoms with Crippen molar-refractivity contribution in [1.29, 1.82) is 0 Å². The van der Waals surface area contributed by atoms with Gasteiger partial charge in [-0.2, -0.15) is 0 Å². The van der Waals surface area contributed by atoms with Crippen LogP contribution in [0.3, 0.4) is 0 Å². The summed E-state index contributed by atoms with van der Waals surface area (Å²) in [7, 11) is 1.80. The van der Waals surface area contributed by atoms with E-state index < -0.39 is 0 Å². The number of aromatic nitrogens is 1. The van der Waals surface area contributed by atoms with Gasteiger partial charge in [-0.15, -0.1) is 0 Å². The first-order valence-electron chi connectivity index (χ1n) is 12.0. The number of rotatable bonds is 6. The molecular formula is C29H36N2O. The van der Waals surface area contributed by atoms with Crippen molar-refractivity contribution in [2.75, 3.05) is 13.7 Å². The summed E-state index contributed by atoms with van der Waals surface area (Å²) < 4.78 is 6.05. The normalized spacial score (nSPS) is 16.1. The molecule has 3 nitrogen and oxygen atoms in total. The molecule has 0 bridgehead atoms. The molecule has 0 aliphatic carbocycles. The Balaban J connectivity index is 1.77. The lowest BCUT2D eigenvalue weighted by atomic mass is 9.90. The second kappa shape index (κ2) is 9.46. The van der Waals surface area contributed by atoms with Gasteiger partial charge in [0.25, 0.3) is 0 Å². The first kappa shape index (κ1) is 22.5. The standard InChI is InChI=1S/C29H36N2O/c1-7-22-13-11-14-23(8-2)27(22)28-19(3)29(32-6)26(20(4)30-28)18-31-17-16-24-12-9-10-15-25(24)21(31)5/h9-15,21H,7-8,16-18H2,1-6H3. The molecule has 168 valence electrons. The fourth-order valence-electron chi connectivity index (χ4n) is 5.31. The minimum atomic E-state index is 0.386. The number of fused-ring (bicyclic) bond motifs is 1. The Labute approximate surface area is 193 Å². The van der Waals surface area contributed by atoms with Gasteiger partial charge in [0.05, 0.1) is 12.8 Å². The van der Waals surface area contributed by atoms with Gasteiger partial charge in [-0.05, 0) is 62.3 Å². The Hall–Kier alpha value is -2.65. The number of benzene rings is 2. The minimum absolute atomic E-state index is 0.386. The quantitative estimate of drug-likeness (QED) is 0.441. The first-order valence-corrected chi connectivity index (χ1v) is 12.0. The monoisotopic (exact) mass is 428 g/mol. The zero-order valence-corrected chi connectivity index (χ0v) is 20.5. The van der Waals surface area contributed by atoms with Crippen LogP contribution in [-0.2, 0) is 25.8 Å². The number of hydrogen-bond donors (Lipinski definition) is 0. The molecule has 32 heavy (non-hydrogen) atoms. The van der Waals surface area contributed by atoms with E-state index in [0.29, 0.717) is 6.04 Å². The molecule has 0 saturated carbocycles. The maximum absolute atomic E-state index is 6.05. The first-order chi connectivity index (χ1) is 15.5. The summed E-state index contributed by atoms with van der Waals surface area (Å²) in [5.41, 5.74) is 11.4. The van der Waals surface area contributed by atoms with Crippen molar-refractivity contribution >= 4 is 0 Å². The molecule has 0 amide bonds. The predicted octanol–water partition coefficient (Wildman–Crippen LogP) is 6.62. The number of ether oxygens (including phenoxy) is 1. The Kier molecular flexibility index (Phi) is 6.66. The van der Waals surface area contributed by atoms with Crippen molar-refractivity contribution in [2.45, 2.75) is 66.5 Å². The smallest absolute Gasteiger partial charge is 0.130 e. The highest BCUT2D eigenvalue weighted by molar-refractivity contribution is 5.74. The molecule has 0 saturated heterocycles. The van der Waals surface area contributed by atoms with Gasteiger partial charge in [-0.1, -0.05) is 56.3 Å². The molecule has 0 radical (unpaired) electrons. The van der Waals surface area contributed by atoms with Crippen LogP contribution in [0.4, 0.5) is 0 Å². The van der Waals surface area contributed by atoms with Gasteiger partial charge >= 0.3 is 0 Å². The second-order valence-corrected chi connectivity index (χ2v) is 8.94. The van der Waals surface area contributed by atoms with Gasteiger partial charge in [0.2, 0.25) is 0 Å². The average molecular weight is 429 g/mol. The summed E-state index contributed by atoms with van der Waals surface area (Å²) in [5.74, 6) is 0.992. The maximum atomic E-state index is 6.05. The molecule has 3 aromatic rings. The topological polar surface area (TPSA) is 25.4 Å². The Morgan fingerprint density at radius 2 is 1.69 bits per heavy atom. The number of nitrogens with zero attached hydrogens (tertiary/aromatic N) is 2. The van der Waals surface area contributed by atoms with Crippen LogP contribution in [0.1, 0.15) is 65.9 Å². The number of pyridine rings is 1. The largest absolute Gasteiger partial charge is 0.496 e. The molecule has 0 spiro atoms. The second-order valence-electron chi connectivity index (χ2n) is 8.94. The molecule has 1 unspecified atom stereocenters. The zero-order valence-electron chi connectivity index (χ0n) is 20.5. The van der Waals surface area contributed by atoms with Gasteiger partial charge in [-0.25, -0.2) is 0 Å². The third-order valence-electron chi connectivity index (χ3n) is 7.21. The van der Waals surface area contributed by atoms with E-state index in [1.807, 2.05) is 0 Å². The van der Waals surface area contributed by atoms with Crippen LogP contribution in [0, 0.1) is 13.8 Å². The van der Waals surface area contributed by atoms with Gasteiger partial charge in [0.15, 0.2) is 0 Å². The van der Waals surface area contributed by atoms with Crippen molar-refractivity contribution in [3.05, 3.63) is 81.5 Å². The van der Waals surface area contributed by atoms with Crippen molar-refractivity contribution in [3.8, 4) is 17.0 Å². The van der Waals surface area contributed by atoms with E-state index in [1.54, 1.807) is 7.11 Å². The van der Waals surface area contributed by atoms with Crippen molar-refractivity contribution in [3.63, 3.8) is 0 Å². The number of methoxy groups -OCH3 is 1. The molecule has 2 heterocycles. The molecule has 1 aliphatic heterocycles. The van der Waals surface area contributed by atoms with Crippen molar-refractivity contribution in [2.24, 2.45) is 0 Å². The molecule has 3 heteroatoms. The fraction of sp³-hybridized carbons (Fsp3) is 0.414. The Morgan fingerprint density at radius 3 is 2.34 bits per heavy atom. The average Bonchev–Trinajstić information content (AvgIpc) is 2.82. The molecular weight excluding hydrogens is 392 g/mol. The molecule has 2 aromatic carbocycles. The van der Waals surface area contributed by atoms with Crippen molar-refractivity contribution < 1.29 is 4.74 Å². The fourth-order valence-corrected chi connectivity index (χ4v) is 5.31. The van der Waals surface area contributed by atoms with Gasteiger partial charge in [-0.3, -0.25) is 9.88 Å². The maximum Gasteiger partial charge on any atom is 0.130 e. The summed E-state index contributed by atoms with van der Waals surface area (Å²) in [6.45, 7) is 13.0.